The second-order valence-corrected chi connectivity index (χ2v) is 6.48. The first-order valence-electron chi connectivity index (χ1n) is 8.01. The molecule has 2 unspecified atom stereocenters. The fourth-order valence-corrected chi connectivity index (χ4v) is 3.04. The third-order valence-electron chi connectivity index (χ3n) is 5.10. The van der Waals surface area contributed by atoms with Crippen LogP contribution < -0.4 is 5.73 Å². The quantitative estimate of drug-likeness (QED) is 0.840. The van der Waals surface area contributed by atoms with E-state index in [1.807, 2.05) is 27.0 Å². The molecule has 2 N–H and O–H groups in total. The molecule has 1 saturated carbocycles. The fourth-order valence-electron chi connectivity index (χ4n) is 3.04. The molecule has 2 rings (SSSR count). The van der Waals surface area contributed by atoms with Crippen molar-refractivity contribution >= 4 is 5.91 Å². The van der Waals surface area contributed by atoms with Crippen molar-refractivity contribution in [1.29, 1.82) is 0 Å². The minimum absolute atomic E-state index is 0.118. The van der Waals surface area contributed by atoms with Crippen molar-refractivity contribution in [3.8, 4) is 0 Å². The highest BCUT2D eigenvalue weighted by Gasteiger charge is 2.38. The topological polar surface area (TPSA) is 59.5 Å². The van der Waals surface area contributed by atoms with E-state index >= 15 is 0 Å². The van der Waals surface area contributed by atoms with Gasteiger partial charge in [0.2, 0.25) is 5.91 Å². The van der Waals surface area contributed by atoms with Gasteiger partial charge in [0.05, 0.1) is 12.0 Å². The molecule has 1 aromatic rings. The summed E-state index contributed by atoms with van der Waals surface area (Å²) < 4.78 is 5.89. The summed E-state index contributed by atoms with van der Waals surface area (Å²) in [5.74, 6) is 3.35. The molecule has 1 aliphatic rings. The highest BCUT2D eigenvalue weighted by Crippen LogP contribution is 2.47. The fraction of sp³-hybridized carbons (Fsp3) is 0.706. The smallest absolute Gasteiger partial charge is 0.230 e. The zero-order chi connectivity index (χ0) is 15.6. The number of amides is 1. The summed E-state index contributed by atoms with van der Waals surface area (Å²) in [6.07, 6.45) is 2.75. The third-order valence-corrected chi connectivity index (χ3v) is 5.10. The molecule has 2 atom stereocenters. The van der Waals surface area contributed by atoms with Crippen LogP contribution >= 0.6 is 0 Å². The van der Waals surface area contributed by atoms with E-state index in [2.05, 4.69) is 13.0 Å². The maximum absolute atomic E-state index is 12.7. The summed E-state index contributed by atoms with van der Waals surface area (Å²) in [6.45, 7) is 7.21. The van der Waals surface area contributed by atoms with Crippen LogP contribution in [-0.4, -0.2) is 24.4 Å². The van der Waals surface area contributed by atoms with Crippen LogP contribution in [0.5, 0.6) is 0 Å². The second-order valence-electron chi connectivity index (χ2n) is 6.48. The molecule has 1 aliphatic carbocycles. The summed E-state index contributed by atoms with van der Waals surface area (Å²) in [7, 11) is 1.83. The lowest BCUT2D eigenvalue weighted by molar-refractivity contribution is -0.141. The van der Waals surface area contributed by atoms with Crippen molar-refractivity contribution in [3.05, 3.63) is 23.7 Å². The number of hydrogen-bond donors (Lipinski definition) is 1. The average molecular weight is 292 g/mol. The second kappa shape index (κ2) is 6.22. The van der Waals surface area contributed by atoms with Crippen LogP contribution in [-0.2, 0) is 11.3 Å². The summed E-state index contributed by atoms with van der Waals surface area (Å²) >= 11 is 0. The van der Waals surface area contributed by atoms with Crippen LogP contribution in [0, 0.1) is 11.3 Å². The Labute approximate surface area is 127 Å². The number of carbonyl (C=O) groups is 1. The maximum Gasteiger partial charge on any atom is 0.230 e. The van der Waals surface area contributed by atoms with Crippen LogP contribution in [0.25, 0.3) is 0 Å². The van der Waals surface area contributed by atoms with E-state index in [4.69, 9.17) is 10.2 Å². The number of hydrogen-bond acceptors (Lipinski definition) is 3. The highest BCUT2D eigenvalue weighted by atomic mass is 16.3. The Balaban J connectivity index is 2.01. The predicted octanol–water partition coefficient (Wildman–Crippen LogP) is 3.13. The third kappa shape index (κ3) is 3.15. The van der Waals surface area contributed by atoms with E-state index in [-0.39, 0.29) is 5.91 Å². The molecule has 21 heavy (non-hydrogen) atoms. The first-order chi connectivity index (χ1) is 9.97. The molecule has 1 fully saturated rings. The van der Waals surface area contributed by atoms with Crippen molar-refractivity contribution in [2.24, 2.45) is 17.1 Å². The zero-order valence-electron chi connectivity index (χ0n) is 13.7. The molecule has 0 aromatic carbocycles. The molecule has 0 bridgehead atoms. The van der Waals surface area contributed by atoms with Gasteiger partial charge < -0.3 is 15.1 Å². The van der Waals surface area contributed by atoms with E-state index < -0.39 is 5.41 Å². The predicted molar refractivity (Wildman–Crippen MR) is 83.8 cm³/mol. The van der Waals surface area contributed by atoms with E-state index in [1.165, 1.54) is 6.42 Å². The van der Waals surface area contributed by atoms with Gasteiger partial charge >= 0.3 is 0 Å². The lowest BCUT2D eigenvalue weighted by atomic mass is 9.81. The molecule has 4 heteroatoms. The number of nitrogens with two attached hydrogens (primary N) is 1. The minimum Gasteiger partial charge on any atom is -0.464 e. The number of nitrogens with zero attached hydrogens (tertiary/aromatic N) is 1. The van der Waals surface area contributed by atoms with Crippen molar-refractivity contribution in [1.82, 2.24) is 4.90 Å². The molecule has 1 amide bonds. The largest absolute Gasteiger partial charge is 0.464 e. The minimum atomic E-state index is -0.435. The van der Waals surface area contributed by atoms with Gasteiger partial charge in [0.25, 0.3) is 0 Å². The van der Waals surface area contributed by atoms with E-state index in [0.717, 1.165) is 30.3 Å². The summed E-state index contributed by atoms with van der Waals surface area (Å²) in [6, 6.07) is 4.05. The van der Waals surface area contributed by atoms with Crippen LogP contribution in [0.2, 0.25) is 0 Å². The summed E-state index contributed by atoms with van der Waals surface area (Å²) in [5.41, 5.74) is 5.42. The van der Waals surface area contributed by atoms with Crippen LogP contribution in [0.4, 0.5) is 0 Å². The Morgan fingerprint density at radius 3 is 2.52 bits per heavy atom. The molecule has 0 spiro atoms. The van der Waals surface area contributed by atoms with Crippen molar-refractivity contribution < 1.29 is 9.21 Å². The molecule has 4 nitrogen and oxygen atoms in total. The van der Waals surface area contributed by atoms with Gasteiger partial charge in [0, 0.05) is 19.5 Å². The van der Waals surface area contributed by atoms with Crippen molar-refractivity contribution in [2.45, 2.75) is 52.5 Å². The number of carbonyl (C=O) groups excluding carboxylic acids is 1. The highest BCUT2D eigenvalue weighted by molar-refractivity contribution is 5.82. The molecule has 0 saturated heterocycles. The molecule has 1 heterocycles. The van der Waals surface area contributed by atoms with Crippen LogP contribution in [0.3, 0.4) is 0 Å². The van der Waals surface area contributed by atoms with Crippen LogP contribution in [0.15, 0.2) is 16.5 Å². The van der Waals surface area contributed by atoms with E-state index in [1.54, 1.807) is 4.90 Å². The molecular formula is C17H28N2O2. The average Bonchev–Trinajstić information content (AvgIpc) is 3.04. The van der Waals surface area contributed by atoms with Crippen LogP contribution in [0.1, 0.15) is 57.5 Å². The van der Waals surface area contributed by atoms with Gasteiger partial charge in [-0.1, -0.05) is 20.8 Å². The Morgan fingerprint density at radius 2 is 2.05 bits per heavy atom. The van der Waals surface area contributed by atoms with E-state index in [0.29, 0.717) is 19.0 Å². The maximum atomic E-state index is 12.7. The van der Waals surface area contributed by atoms with Gasteiger partial charge in [-0.15, -0.1) is 0 Å². The Hall–Kier alpha value is -1.29. The van der Waals surface area contributed by atoms with Gasteiger partial charge in [-0.25, -0.2) is 0 Å². The molecule has 118 valence electrons. The molecule has 1 aromatic heterocycles. The normalized spacial score (nSPS) is 21.4. The van der Waals surface area contributed by atoms with Gasteiger partial charge in [0.1, 0.15) is 11.5 Å². The van der Waals surface area contributed by atoms with Crippen molar-refractivity contribution in [2.75, 3.05) is 13.6 Å². The van der Waals surface area contributed by atoms with Gasteiger partial charge in [-0.2, -0.15) is 0 Å². The standard InChI is InChI=1S/C17H28N2O2/c1-5-17(6-2,11-18)16(20)19(4)10-13-7-8-15(21-13)14-9-12(14)3/h7-8,12,14H,5-6,9-11,18H2,1-4H3. The summed E-state index contributed by atoms with van der Waals surface area (Å²) in [5, 5.41) is 0. The molecule has 0 radical (unpaired) electrons. The lowest BCUT2D eigenvalue weighted by Gasteiger charge is -2.32. The van der Waals surface area contributed by atoms with E-state index in [9.17, 15) is 4.79 Å². The lowest BCUT2D eigenvalue weighted by Crippen LogP contribution is -2.45. The van der Waals surface area contributed by atoms with Gasteiger partial charge in [-0.3, -0.25) is 4.79 Å². The Bertz CT molecular complexity index is 482. The first-order valence-corrected chi connectivity index (χ1v) is 8.01. The van der Waals surface area contributed by atoms with Crippen molar-refractivity contribution in [3.63, 3.8) is 0 Å². The Kier molecular flexibility index (Phi) is 4.77. The SMILES string of the molecule is CCC(CC)(CN)C(=O)N(C)Cc1ccc(C2CC2C)o1. The molecule has 0 aliphatic heterocycles. The zero-order valence-corrected chi connectivity index (χ0v) is 13.7. The summed E-state index contributed by atoms with van der Waals surface area (Å²) in [4.78, 5) is 14.4. The number of furan rings is 1. The molecular weight excluding hydrogens is 264 g/mol. The Morgan fingerprint density at radius 1 is 1.43 bits per heavy atom. The monoisotopic (exact) mass is 292 g/mol. The first kappa shape index (κ1) is 16.1. The van der Waals surface area contributed by atoms with Gasteiger partial charge in [-0.05, 0) is 37.3 Å². The van der Waals surface area contributed by atoms with Gasteiger partial charge in [0.15, 0.2) is 0 Å². The number of rotatable bonds is 7.